The molecule has 0 atom stereocenters. The lowest BCUT2D eigenvalue weighted by atomic mass is 10.4. The molecule has 0 amide bonds. The van der Waals surface area contributed by atoms with Crippen LogP contribution < -0.4 is 0 Å². The highest BCUT2D eigenvalue weighted by Gasteiger charge is 2.07. The molecule has 0 N–H and O–H groups in total. The van der Waals surface area contributed by atoms with Crippen LogP contribution in [0.4, 0.5) is 0 Å². The van der Waals surface area contributed by atoms with Crippen LogP contribution in [0.25, 0.3) is 0 Å². The van der Waals surface area contributed by atoms with E-state index in [4.69, 9.17) is 23.2 Å². The van der Waals surface area contributed by atoms with E-state index in [9.17, 15) is 0 Å². The van der Waals surface area contributed by atoms with Gasteiger partial charge in [-0.1, -0.05) is 41.0 Å². The first-order valence-corrected chi connectivity index (χ1v) is 5.97. The van der Waals surface area contributed by atoms with Gasteiger partial charge in [-0.3, -0.25) is 0 Å². The maximum atomic E-state index is 5.85. The van der Waals surface area contributed by atoms with Gasteiger partial charge in [0, 0.05) is 9.92 Å². The molecule has 0 saturated carbocycles. The van der Waals surface area contributed by atoms with E-state index >= 15 is 0 Å². The third-order valence-electron chi connectivity index (χ3n) is 1.43. The molecule has 2 aromatic rings. The van der Waals surface area contributed by atoms with Gasteiger partial charge in [0.25, 0.3) is 0 Å². The normalized spacial score (nSPS) is 10.4. The Kier molecular flexibility index (Phi) is 3.28. The van der Waals surface area contributed by atoms with E-state index in [0.717, 1.165) is 21.6 Å². The minimum atomic E-state index is 0.444. The largest absolute Gasteiger partial charge is 0.177 e. The summed E-state index contributed by atoms with van der Waals surface area (Å²) in [6.45, 7) is 0. The maximum Gasteiger partial charge on any atom is 0.177 e. The van der Waals surface area contributed by atoms with Crippen molar-refractivity contribution in [2.75, 3.05) is 0 Å². The van der Waals surface area contributed by atoms with Crippen molar-refractivity contribution in [1.29, 1.82) is 0 Å². The molecule has 1 aromatic carbocycles. The van der Waals surface area contributed by atoms with E-state index in [-0.39, 0.29) is 0 Å². The van der Waals surface area contributed by atoms with Crippen LogP contribution in [0, 0.1) is 0 Å². The average molecular weight is 263 g/mol. The fraction of sp³-hybridized carbons (Fsp3) is 0. The summed E-state index contributed by atoms with van der Waals surface area (Å²) in [6.07, 6.45) is 0. The first kappa shape index (κ1) is 10.2. The Labute approximate surface area is 99.6 Å². The first-order chi connectivity index (χ1) is 6.75. The van der Waals surface area contributed by atoms with Crippen molar-refractivity contribution < 1.29 is 0 Å². The molecule has 0 bridgehead atoms. The highest BCUT2D eigenvalue weighted by atomic mass is 35.5. The monoisotopic (exact) mass is 262 g/mol. The summed E-state index contributed by atoms with van der Waals surface area (Å²) in [4.78, 5) is 1.01. The highest BCUT2D eigenvalue weighted by molar-refractivity contribution is 7.99. The second kappa shape index (κ2) is 4.49. The standard InChI is InChI=1S/C8H4Cl2N2S2/c9-5-2-1-3-6(4-5)13-8-7(10)11-14-12-8/h1-4H. The molecule has 2 rings (SSSR count). The number of rotatable bonds is 2. The first-order valence-electron chi connectivity index (χ1n) is 3.67. The van der Waals surface area contributed by atoms with Crippen molar-refractivity contribution in [3.05, 3.63) is 34.4 Å². The number of hydrogen-bond donors (Lipinski definition) is 0. The molecule has 0 saturated heterocycles. The van der Waals surface area contributed by atoms with Crippen LogP contribution in [0.2, 0.25) is 10.2 Å². The van der Waals surface area contributed by atoms with Crippen LogP contribution in [0.5, 0.6) is 0 Å². The van der Waals surface area contributed by atoms with Crippen LogP contribution in [0.1, 0.15) is 0 Å². The van der Waals surface area contributed by atoms with Crippen molar-refractivity contribution in [3.63, 3.8) is 0 Å². The van der Waals surface area contributed by atoms with Gasteiger partial charge in [-0.2, -0.15) is 8.75 Å². The molecule has 2 nitrogen and oxygen atoms in total. The lowest BCUT2D eigenvalue weighted by Crippen LogP contribution is -1.73. The Morgan fingerprint density at radius 1 is 1.21 bits per heavy atom. The molecule has 0 aliphatic carbocycles. The van der Waals surface area contributed by atoms with Crippen LogP contribution in [-0.2, 0) is 0 Å². The van der Waals surface area contributed by atoms with Crippen LogP contribution in [0.3, 0.4) is 0 Å². The molecule has 0 fully saturated rings. The predicted molar refractivity (Wildman–Crippen MR) is 60.5 cm³/mol. The van der Waals surface area contributed by atoms with Gasteiger partial charge in [-0.05, 0) is 18.2 Å². The molecule has 14 heavy (non-hydrogen) atoms. The number of nitrogens with zero attached hydrogens (tertiary/aromatic N) is 2. The minimum Gasteiger partial charge on any atom is -0.164 e. The number of aromatic nitrogens is 2. The lowest BCUT2D eigenvalue weighted by Gasteiger charge is -1.97. The topological polar surface area (TPSA) is 25.8 Å². The molecule has 0 unspecified atom stereocenters. The van der Waals surface area contributed by atoms with Crippen LogP contribution in [-0.4, -0.2) is 8.75 Å². The summed E-state index contributed by atoms with van der Waals surface area (Å²) < 4.78 is 7.94. The second-order valence-corrected chi connectivity index (χ2v) is 4.80. The zero-order valence-electron chi connectivity index (χ0n) is 6.78. The molecular weight excluding hydrogens is 259 g/mol. The van der Waals surface area contributed by atoms with Gasteiger partial charge in [-0.25, -0.2) is 0 Å². The molecule has 1 heterocycles. The Morgan fingerprint density at radius 2 is 2.07 bits per heavy atom. The molecule has 6 heteroatoms. The number of halogens is 2. The number of benzene rings is 1. The summed E-state index contributed by atoms with van der Waals surface area (Å²) in [5.74, 6) is 0. The fourth-order valence-electron chi connectivity index (χ4n) is 0.873. The third kappa shape index (κ3) is 2.39. The number of hydrogen-bond acceptors (Lipinski definition) is 4. The molecule has 0 spiro atoms. The Balaban J connectivity index is 2.23. The summed E-state index contributed by atoms with van der Waals surface area (Å²) in [5, 5.41) is 1.87. The van der Waals surface area contributed by atoms with E-state index in [1.54, 1.807) is 0 Å². The van der Waals surface area contributed by atoms with Gasteiger partial charge in [0.05, 0.1) is 11.7 Å². The van der Waals surface area contributed by atoms with E-state index in [1.165, 1.54) is 11.8 Å². The zero-order chi connectivity index (χ0) is 9.97. The van der Waals surface area contributed by atoms with Crippen LogP contribution in [0.15, 0.2) is 34.2 Å². The summed E-state index contributed by atoms with van der Waals surface area (Å²) in [5.41, 5.74) is 0. The van der Waals surface area contributed by atoms with E-state index < -0.39 is 0 Å². The summed E-state index contributed by atoms with van der Waals surface area (Å²) >= 11 is 14.2. The molecular formula is C8H4Cl2N2S2. The minimum absolute atomic E-state index is 0.444. The van der Waals surface area contributed by atoms with Crippen molar-refractivity contribution in [3.8, 4) is 0 Å². The molecule has 72 valence electrons. The fourth-order valence-corrected chi connectivity index (χ4v) is 2.78. The summed E-state index contributed by atoms with van der Waals surface area (Å²) in [7, 11) is 0. The van der Waals surface area contributed by atoms with Crippen molar-refractivity contribution in [1.82, 2.24) is 8.75 Å². The Bertz CT molecular complexity index is 444. The smallest absolute Gasteiger partial charge is 0.164 e. The van der Waals surface area contributed by atoms with Crippen LogP contribution >= 0.6 is 46.7 Å². The van der Waals surface area contributed by atoms with Gasteiger partial charge in [-0.15, -0.1) is 0 Å². The van der Waals surface area contributed by atoms with Crippen molar-refractivity contribution in [2.24, 2.45) is 0 Å². The maximum absolute atomic E-state index is 5.85. The molecule has 0 radical (unpaired) electrons. The SMILES string of the molecule is Clc1cccc(Sc2nsnc2Cl)c1. The van der Waals surface area contributed by atoms with Gasteiger partial charge in [0.2, 0.25) is 0 Å². The summed E-state index contributed by atoms with van der Waals surface area (Å²) in [6, 6.07) is 7.53. The van der Waals surface area contributed by atoms with Gasteiger partial charge in [0.15, 0.2) is 10.2 Å². The lowest BCUT2D eigenvalue weighted by molar-refractivity contribution is 1.25. The second-order valence-electron chi connectivity index (χ2n) is 2.42. The predicted octanol–water partition coefficient (Wildman–Crippen LogP) is 4.00. The zero-order valence-corrected chi connectivity index (χ0v) is 9.92. The Hall–Kier alpha value is -0.290. The third-order valence-corrected chi connectivity index (χ3v) is 3.75. The molecule has 0 aliphatic heterocycles. The van der Waals surface area contributed by atoms with E-state index in [2.05, 4.69) is 8.75 Å². The van der Waals surface area contributed by atoms with E-state index in [1.807, 2.05) is 24.3 Å². The average Bonchev–Trinajstić information content (AvgIpc) is 2.52. The quantitative estimate of drug-likeness (QED) is 0.819. The van der Waals surface area contributed by atoms with Gasteiger partial charge < -0.3 is 0 Å². The van der Waals surface area contributed by atoms with E-state index in [0.29, 0.717) is 10.2 Å². The van der Waals surface area contributed by atoms with Gasteiger partial charge in [0.1, 0.15) is 0 Å². The van der Waals surface area contributed by atoms with Gasteiger partial charge >= 0.3 is 0 Å². The molecule has 0 aliphatic rings. The highest BCUT2D eigenvalue weighted by Crippen LogP contribution is 2.32. The van der Waals surface area contributed by atoms with Crippen molar-refractivity contribution in [2.45, 2.75) is 9.92 Å². The van der Waals surface area contributed by atoms with Crippen molar-refractivity contribution >= 4 is 46.7 Å². The molecule has 1 aromatic heterocycles. The Morgan fingerprint density at radius 3 is 2.71 bits per heavy atom.